The second kappa shape index (κ2) is 9.39. The zero-order valence-corrected chi connectivity index (χ0v) is 10.1. The van der Waals surface area contributed by atoms with Crippen LogP contribution < -0.4 is 0 Å². The summed E-state index contributed by atoms with van der Waals surface area (Å²) in [5.41, 5.74) is 0. The minimum Gasteiger partial charge on any atom is -0.393 e. The normalized spacial score (nSPS) is 15.1. The van der Waals surface area contributed by atoms with Crippen LogP contribution in [0.3, 0.4) is 0 Å². The van der Waals surface area contributed by atoms with Crippen LogP contribution in [0.25, 0.3) is 0 Å². The lowest BCUT2D eigenvalue weighted by Crippen LogP contribution is -2.10. The second-order valence-electron chi connectivity index (χ2n) is 4.41. The third kappa shape index (κ3) is 8.43. The Bertz CT molecular complexity index is 110. The second-order valence-corrected chi connectivity index (χ2v) is 4.41. The van der Waals surface area contributed by atoms with E-state index in [1.165, 1.54) is 38.5 Å². The fourth-order valence-electron chi connectivity index (χ4n) is 1.92. The molecule has 2 unspecified atom stereocenters. The number of aliphatic hydroxyl groups is 1. The zero-order valence-electron chi connectivity index (χ0n) is 10.1. The number of aliphatic hydroxyl groups excluding tert-OH is 1. The van der Waals surface area contributed by atoms with Gasteiger partial charge in [0.05, 0.1) is 25.4 Å². The van der Waals surface area contributed by atoms with E-state index in [-0.39, 0.29) is 6.10 Å². The SMILES string of the molecule is CCCC[CH+]CC(CCC)CC(C)O. The molecule has 0 spiro atoms. The molecular weight excluding hydrogens is 172 g/mol. The predicted octanol–water partition coefficient (Wildman–Crippen LogP) is 3.96. The monoisotopic (exact) mass is 199 g/mol. The predicted molar refractivity (Wildman–Crippen MR) is 63.1 cm³/mol. The molecular formula is C13H27O+. The first-order valence-corrected chi connectivity index (χ1v) is 6.20. The van der Waals surface area contributed by atoms with E-state index in [4.69, 9.17) is 0 Å². The van der Waals surface area contributed by atoms with E-state index in [2.05, 4.69) is 20.3 Å². The van der Waals surface area contributed by atoms with Crippen molar-refractivity contribution in [1.29, 1.82) is 0 Å². The van der Waals surface area contributed by atoms with E-state index in [9.17, 15) is 5.11 Å². The number of hydrogen-bond acceptors (Lipinski definition) is 1. The van der Waals surface area contributed by atoms with Gasteiger partial charge in [-0.3, -0.25) is 0 Å². The molecule has 0 radical (unpaired) electrons. The highest BCUT2D eigenvalue weighted by atomic mass is 16.3. The molecule has 0 amide bonds. The molecule has 0 aromatic carbocycles. The fourth-order valence-corrected chi connectivity index (χ4v) is 1.92. The zero-order chi connectivity index (χ0) is 10.8. The highest BCUT2D eigenvalue weighted by molar-refractivity contribution is 4.72. The van der Waals surface area contributed by atoms with Gasteiger partial charge in [0, 0.05) is 5.92 Å². The molecule has 2 atom stereocenters. The van der Waals surface area contributed by atoms with E-state index in [1.807, 2.05) is 6.92 Å². The molecule has 0 aromatic heterocycles. The maximum absolute atomic E-state index is 9.34. The molecule has 1 N–H and O–H groups in total. The van der Waals surface area contributed by atoms with E-state index in [1.54, 1.807) is 0 Å². The van der Waals surface area contributed by atoms with E-state index in [0.29, 0.717) is 5.92 Å². The molecule has 0 saturated heterocycles. The van der Waals surface area contributed by atoms with Crippen molar-refractivity contribution in [2.24, 2.45) is 5.92 Å². The van der Waals surface area contributed by atoms with Gasteiger partial charge in [-0.15, -0.1) is 0 Å². The van der Waals surface area contributed by atoms with Gasteiger partial charge in [0.25, 0.3) is 0 Å². The summed E-state index contributed by atoms with van der Waals surface area (Å²) in [4.78, 5) is 0. The molecule has 0 aliphatic heterocycles. The number of unbranched alkanes of at least 4 members (excludes halogenated alkanes) is 3. The molecule has 1 nitrogen and oxygen atoms in total. The Morgan fingerprint density at radius 3 is 2.43 bits per heavy atom. The van der Waals surface area contributed by atoms with Crippen LogP contribution in [0, 0.1) is 12.3 Å². The molecule has 0 fully saturated rings. The summed E-state index contributed by atoms with van der Waals surface area (Å²) in [6.07, 6.45) is 10.8. The smallest absolute Gasteiger partial charge is 0.0904 e. The maximum Gasteiger partial charge on any atom is 0.0904 e. The highest BCUT2D eigenvalue weighted by Crippen LogP contribution is 2.20. The molecule has 0 heterocycles. The van der Waals surface area contributed by atoms with Crippen molar-refractivity contribution in [1.82, 2.24) is 0 Å². The first-order valence-electron chi connectivity index (χ1n) is 6.20. The summed E-state index contributed by atoms with van der Waals surface area (Å²) < 4.78 is 0. The minimum absolute atomic E-state index is 0.133. The molecule has 0 saturated carbocycles. The maximum atomic E-state index is 9.34. The van der Waals surface area contributed by atoms with Crippen LogP contribution in [0.4, 0.5) is 0 Å². The first-order chi connectivity index (χ1) is 6.70. The Morgan fingerprint density at radius 2 is 1.93 bits per heavy atom. The van der Waals surface area contributed by atoms with Crippen molar-refractivity contribution in [2.75, 3.05) is 0 Å². The Kier molecular flexibility index (Phi) is 9.27. The lowest BCUT2D eigenvalue weighted by molar-refractivity contribution is 0.156. The van der Waals surface area contributed by atoms with Crippen LogP contribution in [0.2, 0.25) is 0 Å². The first kappa shape index (κ1) is 13.8. The molecule has 1 heteroatoms. The van der Waals surface area contributed by atoms with Gasteiger partial charge in [-0.05, 0) is 26.2 Å². The molecule has 0 aromatic rings. The minimum atomic E-state index is -0.133. The van der Waals surface area contributed by atoms with Crippen LogP contribution in [0.15, 0.2) is 0 Å². The van der Waals surface area contributed by atoms with Crippen LogP contribution in [-0.4, -0.2) is 11.2 Å². The molecule has 0 rings (SSSR count). The summed E-state index contributed by atoms with van der Waals surface area (Å²) in [5.74, 6) is 0.705. The fraction of sp³-hybridized carbons (Fsp3) is 0.923. The van der Waals surface area contributed by atoms with Gasteiger partial charge < -0.3 is 5.11 Å². The quantitative estimate of drug-likeness (QED) is 0.440. The van der Waals surface area contributed by atoms with Crippen molar-refractivity contribution < 1.29 is 5.11 Å². The average molecular weight is 199 g/mol. The summed E-state index contributed by atoms with van der Waals surface area (Å²) >= 11 is 0. The van der Waals surface area contributed by atoms with E-state index >= 15 is 0 Å². The van der Waals surface area contributed by atoms with Gasteiger partial charge in [0.1, 0.15) is 0 Å². The van der Waals surface area contributed by atoms with Gasteiger partial charge in [-0.2, -0.15) is 0 Å². The molecule has 0 aliphatic carbocycles. The van der Waals surface area contributed by atoms with Crippen molar-refractivity contribution in [2.45, 2.75) is 71.8 Å². The van der Waals surface area contributed by atoms with Gasteiger partial charge >= 0.3 is 0 Å². The number of hydrogen-bond donors (Lipinski definition) is 1. The van der Waals surface area contributed by atoms with Crippen molar-refractivity contribution in [3.63, 3.8) is 0 Å². The summed E-state index contributed by atoms with van der Waals surface area (Å²) in [6.45, 7) is 6.35. The topological polar surface area (TPSA) is 20.2 Å². The highest BCUT2D eigenvalue weighted by Gasteiger charge is 2.14. The summed E-state index contributed by atoms with van der Waals surface area (Å²) in [6, 6.07) is 0. The Hall–Kier alpha value is -0.170. The largest absolute Gasteiger partial charge is 0.393 e. The Morgan fingerprint density at radius 1 is 1.21 bits per heavy atom. The van der Waals surface area contributed by atoms with Crippen LogP contribution in [0.1, 0.15) is 65.7 Å². The van der Waals surface area contributed by atoms with Gasteiger partial charge in [0.2, 0.25) is 0 Å². The van der Waals surface area contributed by atoms with Gasteiger partial charge in [-0.1, -0.05) is 26.7 Å². The molecule has 84 valence electrons. The van der Waals surface area contributed by atoms with E-state index < -0.39 is 0 Å². The standard InChI is InChI=1S/C13H27O/c1-4-6-7-8-10-13(9-5-2)11-12(3)14/h8,12-14H,4-7,9-11H2,1-3H3/q+1. The van der Waals surface area contributed by atoms with Crippen LogP contribution >= 0.6 is 0 Å². The Balaban J connectivity index is 3.51. The van der Waals surface area contributed by atoms with Crippen molar-refractivity contribution in [3.05, 3.63) is 6.42 Å². The van der Waals surface area contributed by atoms with Crippen molar-refractivity contribution >= 4 is 0 Å². The van der Waals surface area contributed by atoms with Crippen molar-refractivity contribution in [3.8, 4) is 0 Å². The van der Waals surface area contributed by atoms with Crippen LogP contribution in [0.5, 0.6) is 0 Å². The molecule has 0 aliphatic rings. The lowest BCUT2D eigenvalue weighted by atomic mass is 9.91. The molecule has 14 heavy (non-hydrogen) atoms. The molecule has 0 bridgehead atoms. The lowest BCUT2D eigenvalue weighted by Gasteiger charge is -2.13. The van der Waals surface area contributed by atoms with Crippen LogP contribution in [-0.2, 0) is 0 Å². The third-order valence-corrected chi connectivity index (χ3v) is 2.63. The number of rotatable bonds is 9. The summed E-state index contributed by atoms with van der Waals surface area (Å²) in [7, 11) is 0. The van der Waals surface area contributed by atoms with Gasteiger partial charge in [-0.25, -0.2) is 0 Å². The third-order valence-electron chi connectivity index (χ3n) is 2.63. The Labute approximate surface area is 89.9 Å². The summed E-state index contributed by atoms with van der Waals surface area (Å²) in [5, 5.41) is 9.34. The van der Waals surface area contributed by atoms with Gasteiger partial charge in [0.15, 0.2) is 0 Å². The average Bonchev–Trinajstić information content (AvgIpc) is 2.12. The van der Waals surface area contributed by atoms with E-state index in [0.717, 1.165) is 6.42 Å².